The van der Waals surface area contributed by atoms with Gasteiger partial charge in [-0.2, -0.15) is 4.37 Å². The first kappa shape index (κ1) is 14.1. The number of anilines is 1. The van der Waals surface area contributed by atoms with Crippen molar-refractivity contribution in [3.8, 4) is 10.6 Å². The molecule has 108 valence electrons. The van der Waals surface area contributed by atoms with Crippen molar-refractivity contribution >= 4 is 28.0 Å². The van der Waals surface area contributed by atoms with Gasteiger partial charge in [0.25, 0.3) is 0 Å². The number of nitrogens with one attached hydrogen (secondary N) is 1. The Labute approximate surface area is 130 Å². The molecule has 0 unspecified atom stereocenters. The number of methoxy groups -OCH3 is 1. The first-order valence-electron chi connectivity index (χ1n) is 6.40. The Morgan fingerprint density at radius 2 is 2.05 bits per heavy atom. The van der Waals surface area contributed by atoms with Crippen LogP contribution in [0.15, 0.2) is 35.7 Å². The van der Waals surface area contributed by atoms with E-state index in [0.717, 1.165) is 21.4 Å². The minimum atomic E-state index is 0.438. The van der Waals surface area contributed by atoms with Gasteiger partial charge in [0.1, 0.15) is 11.6 Å². The molecule has 0 radical (unpaired) electrons. The molecular formula is C14H14N4OS2. The van der Waals surface area contributed by atoms with Crippen LogP contribution in [0.4, 0.5) is 5.13 Å². The molecular weight excluding hydrogens is 304 g/mol. The second-order valence-corrected chi connectivity index (χ2v) is 5.92. The molecule has 0 atom stereocenters. The molecule has 0 amide bonds. The normalized spacial score (nSPS) is 10.7. The highest BCUT2D eigenvalue weighted by atomic mass is 32.1. The van der Waals surface area contributed by atoms with E-state index < -0.39 is 0 Å². The molecule has 0 aliphatic carbocycles. The fourth-order valence-corrected chi connectivity index (χ4v) is 3.18. The van der Waals surface area contributed by atoms with Crippen LogP contribution in [0.3, 0.4) is 0 Å². The highest BCUT2D eigenvalue weighted by Crippen LogP contribution is 2.23. The summed E-state index contributed by atoms with van der Waals surface area (Å²) in [4.78, 5) is 8.95. The van der Waals surface area contributed by atoms with Crippen LogP contribution >= 0.6 is 22.9 Å². The van der Waals surface area contributed by atoms with E-state index in [4.69, 9.17) is 4.74 Å². The van der Waals surface area contributed by atoms with Gasteiger partial charge >= 0.3 is 0 Å². The SMILES string of the molecule is COCc1nsc(NCc2csc(-c3ccccc3)n2)n1. The maximum absolute atomic E-state index is 5.00. The third-order valence-corrected chi connectivity index (χ3v) is 4.39. The van der Waals surface area contributed by atoms with Crippen LogP contribution in [0, 0.1) is 0 Å². The molecule has 2 aromatic heterocycles. The average Bonchev–Trinajstić information content (AvgIpc) is 3.16. The summed E-state index contributed by atoms with van der Waals surface area (Å²) in [6.45, 7) is 1.08. The summed E-state index contributed by atoms with van der Waals surface area (Å²) in [6, 6.07) is 10.2. The fraction of sp³-hybridized carbons (Fsp3) is 0.214. The van der Waals surface area contributed by atoms with Crippen molar-refractivity contribution in [2.45, 2.75) is 13.2 Å². The molecule has 1 N–H and O–H groups in total. The summed E-state index contributed by atoms with van der Waals surface area (Å²) in [5, 5.41) is 7.12. The van der Waals surface area contributed by atoms with E-state index in [0.29, 0.717) is 19.0 Å². The lowest BCUT2D eigenvalue weighted by atomic mass is 10.2. The molecule has 7 heteroatoms. The van der Waals surface area contributed by atoms with Gasteiger partial charge in [0.15, 0.2) is 5.82 Å². The summed E-state index contributed by atoms with van der Waals surface area (Å²) in [6.07, 6.45) is 0. The van der Waals surface area contributed by atoms with E-state index in [1.54, 1.807) is 18.4 Å². The van der Waals surface area contributed by atoms with Gasteiger partial charge in [-0.15, -0.1) is 11.3 Å². The van der Waals surface area contributed by atoms with Crippen molar-refractivity contribution in [3.63, 3.8) is 0 Å². The van der Waals surface area contributed by atoms with E-state index in [1.807, 2.05) is 18.2 Å². The standard InChI is InChI=1S/C14H14N4OS2/c1-19-8-12-17-14(21-18-12)15-7-11-9-20-13(16-11)10-5-3-2-4-6-10/h2-6,9H,7-8H2,1H3,(H,15,17,18). The minimum absolute atomic E-state index is 0.438. The van der Waals surface area contributed by atoms with Crippen LogP contribution in [0.25, 0.3) is 10.6 Å². The molecule has 0 bridgehead atoms. The zero-order valence-electron chi connectivity index (χ0n) is 11.4. The zero-order chi connectivity index (χ0) is 14.5. The predicted molar refractivity (Wildman–Crippen MR) is 85.5 cm³/mol. The molecule has 1 aromatic carbocycles. The van der Waals surface area contributed by atoms with Gasteiger partial charge in [-0.25, -0.2) is 9.97 Å². The topological polar surface area (TPSA) is 59.9 Å². The lowest BCUT2D eigenvalue weighted by molar-refractivity contribution is 0.179. The molecule has 2 heterocycles. The maximum Gasteiger partial charge on any atom is 0.202 e. The van der Waals surface area contributed by atoms with Crippen molar-refractivity contribution < 1.29 is 4.74 Å². The maximum atomic E-state index is 5.00. The van der Waals surface area contributed by atoms with Crippen LogP contribution < -0.4 is 5.32 Å². The third-order valence-electron chi connectivity index (χ3n) is 2.73. The minimum Gasteiger partial charge on any atom is -0.377 e. The van der Waals surface area contributed by atoms with Crippen LogP contribution in [0.5, 0.6) is 0 Å². The lowest BCUT2D eigenvalue weighted by Gasteiger charge is -1.98. The smallest absolute Gasteiger partial charge is 0.202 e. The van der Waals surface area contributed by atoms with Crippen LogP contribution in [-0.4, -0.2) is 21.5 Å². The van der Waals surface area contributed by atoms with Gasteiger partial charge in [-0.05, 0) is 0 Å². The van der Waals surface area contributed by atoms with Crippen molar-refractivity contribution in [2.75, 3.05) is 12.4 Å². The summed E-state index contributed by atoms with van der Waals surface area (Å²) in [5.74, 6) is 0.702. The molecule has 3 aromatic rings. The Bertz CT molecular complexity index is 696. The molecule has 3 rings (SSSR count). The first-order valence-corrected chi connectivity index (χ1v) is 8.05. The van der Waals surface area contributed by atoms with Crippen molar-refractivity contribution in [2.24, 2.45) is 0 Å². The Hall–Kier alpha value is -1.83. The highest BCUT2D eigenvalue weighted by molar-refractivity contribution is 7.13. The number of rotatable bonds is 6. The molecule has 0 fully saturated rings. The lowest BCUT2D eigenvalue weighted by Crippen LogP contribution is -1.99. The average molecular weight is 318 g/mol. The molecule has 0 saturated carbocycles. The zero-order valence-corrected chi connectivity index (χ0v) is 13.1. The Morgan fingerprint density at radius 3 is 2.86 bits per heavy atom. The van der Waals surface area contributed by atoms with E-state index in [2.05, 4.69) is 37.2 Å². The van der Waals surface area contributed by atoms with E-state index in [-0.39, 0.29) is 0 Å². The quantitative estimate of drug-likeness (QED) is 0.754. The van der Waals surface area contributed by atoms with Crippen molar-refractivity contribution in [1.82, 2.24) is 14.3 Å². The summed E-state index contributed by atoms with van der Waals surface area (Å²) in [5.41, 5.74) is 2.15. The van der Waals surface area contributed by atoms with Gasteiger partial charge in [-0.3, -0.25) is 0 Å². The fourth-order valence-electron chi connectivity index (χ4n) is 1.78. The van der Waals surface area contributed by atoms with Crippen molar-refractivity contribution in [1.29, 1.82) is 0 Å². The molecule has 0 saturated heterocycles. The summed E-state index contributed by atoms with van der Waals surface area (Å²) in [7, 11) is 1.63. The van der Waals surface area contributed by atoms with Crippen LogP contribution in [0.1, 0.15) is 11.5 Å². The van der Waals surface area contributed by atoms with Gasteiger partial charge in [0.05, 0.1) is 12.2 Å². The van der Waals surface area contributed by atoms with Crippen LogP contribution in [0.2, 0.25) is 0 Å². The molecule has 5 nitrogen and oxygen atoms in total. The number of benzene rings is 1. The van der Waals surface area contributed by atoms with Crippen LogP contribution in [-0.2, 0) is 17.9 Å². The largest absolute Gasteiger partial charge is 0.377 e. The van der Waals surface area contributed by atoms with Gasteiger partial charge in [0, 0.05) is 29.6 Å². The predicted octanol–water partition coefficient (Wildman–Crippen LogP) is 3.42. The van der Waals surface area contributed by atoms with Crippen molar-refractivity contribution in [3.05, 3.63) is 47.2 Å². The third kappa shape index (κ3) is 3.63. The second-order valence-electron chi connectivity index (χ2n) is 4.31. The van der Waals surface area contributed by atoms with E-state index >= 15 is 0 Å². The van der Waals surface area contributed by atoms with Gasteiger partial charge in [-0.1, -0.05) is 30.3 Å². The number of aromatic nitrogens is 3. The summed E-state index contributed by atoms with van der Waals surface area (Å²) < 4.78 is 9.20. The molecule has 0 spiro atoms. The molecule has 21 heavy (non-hydrogen) atoms. The Balaban J connectivity index is 1.62. The monoisotopic (exact) mass is 318 g/mol. The number of hydrogen-bond acceptors (Lipinski definition) is 7. The second kappa shape index (κ2) is 6.75. The number of ether oxygens (including phenoxy) is 1. The number of hydrogen-bond donors (Lipinski definition) is 1. The summed E-state index contributed by atoms with van der Waals surface area (Å²) >= 11 is 2.98. The highest BCUT2D eigenvalue weighted by Gasteiger charge is 2.06. The first-order chi connectivity index (χ1) is 10.3. The Morgan fingerprint density at radius 1 is 1.19 bits per heavy atom. The van der Waals surface area contributed by atoms with Gasteiger partial charge < -0.3 is 10.1 Å². The molecule has 0 aliphatic rings. The number of nitrogens with zero attached hydrogens (tertiary/aromatic N) is 3. The van der Waals surface area contributed by atoms with E-state index in [9.17, 15) is 0 Å². The van der Waals surface area contributed by atoms with E-state index in [1.165, 1.54) is 11.5 Å². The van der Waals surface area contributed by atoms with Gasteiger partial charge in [0.2, 0.25) is 5.13 Å². The number of thiazole rings is 1. The Kier molecular flexibility index (Phi) is 4.54. The molecule has 0 aliphatic heterocycles.